The number of anilines is 1. The zero-order valence-corrected chi connectivity index (χ0v) is 13.9. The first-order valence-corrected chi connectivity index (χ1v) is 9.13. The van der Waals surface area contributed by atoms with Crippen LogP contribution in [0, 0.1) is 23.2 Å². The molecule has 8 atom stereocenters. The molecule has 2 saturated heterocycles. The molecule has 2 saturated carbocycles. The maximum atomic E-state index is 13.4. The van der Waals surface area contributed by atoms with E-state index in [1.165, 1.54) is 0 Å². The predicted molar refractivity (Wildman–Crippen MR) is 89.7 cm³/mol. The fourth-order valence-electron chi connectivity index (χ4n) is 7.60. The number of amides is 1. The second-order valence-electron chi connectivity index (χ2n) is 8.54. The van der Waals surface area contributed by atoms with Crippen LogP contribution >= 0.6 is 0 Å². The Kier molecular flexibility index (Phi) is 2.24. The molecule has 2 N–H and O–H groups in total. The van der Waals surface area contributed by atoms with Crippen molar-refractivity contribution < 1.29 is 14.4 Å². The zero-order valence-electron chi connectivity index (χ0n) is 13.9. The summed E-state index contributed by atoms with van der Waals surface area (Å²) in [7, 11) is 2.30. The van der Waals surface area contributed by atoms with Crippen LogP contribution < -0.4 is 10.2 Å². The highest BCUT2D eigenvalue weighted by atomic mass is 16.5. The van der Waals surface area contributed by atoms with E-state index < -0.39 is 5.41 Å². The van der Waals surface area contributed by atoms with E-state index in [-0.39, 0.29) is 17.4 Å². The van der Waals surface area contributed by atoms with Crippen LogP contribution in [0.4, 0.5) is 5.69 Å². The largest absolute Gasteiger partial charge is 0.376 e. The number of piperidine rings is 1. The maximum Gasteiger partial charge on any atom is 0.238 e. The van der Waals surface area contributed by atoms with Crippen molar-refractivity contribution in [1.82, 2.24) is 0 Å². The molecule has 0 aromatic heterocycles. The lowest BCUT2D eigenvalue weighted by molar-refractivity contribution is -0.906. The minimum absolute atomic E-state index is 0.0105. The molecule has 1 amide bonds. The van der Waals surface area contributed by atoms with Gasteiger partial charge in [0, 0.05) is 17.5 Å². The van der Waals surface area contributed by atoms with Gasteiger partial charge in [-0.3, -0.25) is 4.79 Å². The van der Waals surface area contributed by atoms with Crippen molar-refractivity contribution in [3.63, 3.8) is 0 Å². The van der Waals surface area contributed by atoms with Crippen molar-refractivity contribution in [3.05, 3.63) is 42.5 Å². The number of carbonyl (C=O) groups excluding carboxylic acids is 1. The van der Waals surface area contributed by atoms with Gasteiger partial charge in [-0.25, -0.2) is 0 Å². The number of benzene rings is 1. The molecule has 5 bridgehead atoms. The first-order chi connectivity index (χ1) is 11.6. The summed E-state index contributed by atoms with van der Waals surface area (Å²) in [5.74, 6) is 1.67. The maximum absolute atomic E-state index is 13.4. The SMILES string of the molecule is C=C[C@]12C[NH+](C)[C@@H]3[C@H]4CO[C@H](C[C@H]41)[C@]1(C(=O)Nc4ccccc41)[C@@H]32. The van der Waals surface area contributed by atoms with E-state index in [0.29, 0.717) is 23.8 Å². The minimum atomic E-state index is -0.533. The van der Waals surface area contributed by atoms with Gasteiger partial charge >= 0.3 is 0 Å². The first kappa shape index (κ1) is 13.6. The van der Waals surface area contributed by atoms with Gasteiger partial charge in [0.25, 0.3) is 0 Å². The van der Waals surface area contributed by atoms with Crippen LogP contribution in [-0.2, 0) is 14.9 Å². The van der Waals surface area contributed by atoms with E-state index in [1.54, 1.807) is 4.90 Å². The minimum Gasteiger partial charge on any atom is -0.376 e. The van der Waals surface area contributed by atoms with Gasteiger partial charge in [0.05, 0.1) is 37.8 Å². The molecule has 0 radical (unpaired) electrons. The fourth-order valence-corrected chi connectivity index (χ4v) is 7.60. The highest BCUT2D eigenvalue weighted by Crippen LogP contribution is 2.70. The number of quaternary nitrogens is 1. The van der Waals surface area contributed by atoms with Crippen LogP contribution in [0.5, 0.6) is 0 Å². The Balaban J connectivity index is 1.69. The Morgan fingerprint density at radius 3 is 3.08 bits per heavy atom. The Morgan fingerprint density at radius 1 is 1.42 bits per heavy atom. The Morgan fingerprint density at radius 2 is 2.25 bits per heavy atom. The van der Waals surface area contributed by atoms with Crippen molar-refractivity contribution in [1.29, 1.82) is 0 Å². The van der Waals surface area contributed by atoms with Crippen LogP contribution in [0.3, 0.4) is 0 Å². The van der Waals surface area contributed by atoms with Crippen LogP contribution in [-0.4, -0.2) is 38.3 Å². The van der Waals surface area contributed by atoms with Crippen molar-refractivity contribution in [2.24, 2.45) is 23.2 Å². The van der Waals surface area contributed by atoms with Crippen LogP contribution in [0.15, 0.2) is 36.9 Å². The van der Waals surface area contributed by atoms with E-state index in [0.717, 1.165) is 30.8 Å². The lowest BCUT2D eigenvalue weighted by Crippen LogP contribution is -3.13. The van der Waals surface area contributed by atoms with Crippen molar-refractivity contribution in [2.45, 2.75) is 24.0 Å². The third-order valence-electron chi connectivity index (χ3n) is 8.09. The molecule has 24 heavy (non-hydrogen) atoms. The van der Waals surface area contributed by atoms with E-state index in [2.05, 4.69) is 37.2 Å². The molecular weight excluding hydrogens is 300 g/mol. The van der Waals surface area contributed by atoms with Gasteiger partial charge in [-0.2, -0.15) is 0 Å². The first-order valence-electron chi connectivity index (χ1n) is 9.13. The summed E-state index contributed by atoms with van der Waals surface area (Å²) in [6, 6.07) is 8.75. The fraction of sp³-hybridized carbons (Fsp3) is 0.550. The number of nitrogens with one attached hydrogen (secondary N) is 2. The van der Waals surface area contributed by atoms with E-state index >= 15 is 0 Å². The van der Waals surface area contributed by atoms with E-state index in [9.17, 15) is 4.79 Å². The quantitative estimate of drug-likeness (QED) is 0.744. The summed E-state index contributed by atoms with van der Waals surface area (Å²) >= 11 is 0. The lowest BCUT2D eigenvalue weighted by Gasteiger charge is -2.53. The van der Waals surface area contributed by atoms with Gasteiger partial charge in [0.2, 0.25) is 5.91 Å². The van der Waals surface area contributed by atoms with E-state index in [1.807, 2.05) is 12.1 Å². The molecule has 3 aliphatic heterocycles. The standard InChI is InChI=1S/C20H22N2O2/c1-3-19-10-22(2)16-11-9-24-15(8-13(11)19)20(17(16)19)12-6-4-5-7-14(12)21-18(20)23/h3-7,11,13,15-17H,1,8-10H2,2H3,(H,21,23)/p+1/t11-,13+,15+,16+,17-,19-,20-/m0/s1. The normalized spacial score (nSPS) is 52.6. The second-order valence-corrected chi connectivity index (χ2v) is 8.54. The molecule has 1 spiro atoms. The smallest absolute Gasteiger partial charge is 0.238 e. The lowest BCUT2D eigenvalue weighted by atomic mass is 9.51. The van der Waals surface area contributed by atoms with Crippen molar-refractivity contribution in [3.8, 4) is 0 Å². The number of rotatable bonds is 1. The van der Waals surface area contributed by atoms with Gasteiger partial charge in [-0.1, -0.05) is 24.3 Å². The van der Waals surface area contributed by atoms with Gasteiger partial charge in [-0.05, 0) is 24.0 Å². The number of carbonyl (C=O) groups is 1. The van der Waals surface area contributed by atoms with Gasteiger partial charge in [0.15, 0.2) is 0 Å². The summed E-state index contributed by atoms with van der Waals surface area (Å²) in [6.07, 6.45) is 3.22. The molecule has 4 nitrogen and oxygen atoms in total. The average Bonchev–Trinajstić information content (AvgIpc) is 3.08. The average molecular weight is 323 g/mol. The summed E-state index contributed by atoms with van der Waals surface area (Å²) in [5, 5.41) is 3.19. The van der Waals surface area contributed by atoms with Crippen LogP contribution in [0.1, 0.15) is 12.0 Å². The Bertz CT molecular complexity index is 792. The monoisotopic (exact) mass is 323 g/mol. The number of likely N-dealkylation sites (tertiary alicyclic amines) is 1. The number of fused-ring (bicyclic) bond motifs is 5. The number of ether oxygens (including phenoxy) is 1. The highest BCUT2D eigenvalue weighted by Gasteiger charge is 2.82. The summed E-state index contributed by atoms with van der Waals surface area (Å²) in [6.45, 7) is 6.18. The molecule has 3 heterocycles. The zero-order chi connectivity index (χ0) is 16.3. The molecule has 5 aliphatic rings. The molecule has 4 fully saturated rings. The van der Waals surface area contributed by atoms with Crippen molar-refractivity contribution in [2.75, 3.05) is 25.5 Å². The van der Waals surface area contributed by atoms with Gasteiger partial charge in [0.1, 0.15) is 5.41 Å². The topological polar surface area (TPSA) is 42.8 Å². The highest BCUT2D eigenvalue weighted by molar-refractivity contribution is 6.07. The molecule has 2 aliphatic carbocycles. The molecule has 4 heteroatoms. The Hall–Kier alpha value is -1.65. The van der Waals surface area contributed by atoms with Crippen LogP contribution in [0.25, 0.3) is 0 Å². The van der Waals surface area contributed by atoms with E-state index in [4.69, 9.17) is 4.74 Å². The molecule has 124 valence electrons. The molecule has 6 rings (SSSR count). The molecular formula is C20H23N2O2+. The molecule has 1 unspecified atom stereocenters. The van der Waals surface area contributed by atoms with Crippen LogP contribution in [0.2, 0.25) is 0 Å². The van der Waals surface area contributed by atoms with Gasteiger partial charge < -0.3 is 15.0 Å². The Labute approximate surface area is 141 Å². The third-order valence-corrected chi connectivity index (χ3v) is 8.09. The van der Waals surface area contributed by atoms with Crippen molar-refractivity contribution >= 4 is 11.6 Å². The number of hydrogen-bond acceptors (Lipinski definition) is 2. The summed E-state index contributed by atoms with van der Waals surface area (Å²) in [5.41, 5.74) is 1.69. The predicted octanol–water partition coefficient (Wildman–Crippen LogP) is 0.611. The molecule has 1 aromatic rings. The third kappa shape index (κ3) is 1.12. The summed E-state index contributed by atoms with van der Waals surface area (Å²) < 4.78 is 6.35. The summed E-state index contributed by atoms with van der Waals surface area (Å²) in [4.78, 5) is 15.0. The number of para-hydroxylation sites is 1. The second kappa shape index (κ2) is 3.94. The van der Waals surface area contributed by atoms with Gasteiger partial charge in [-0.15, -0.1) is 6.58 Å². The number of hydrogen-bond donors (Lipinski definition) is 2. The molecule has 1 aromatic carbocycles.